The van der Waals surface area contributed by atoms with Gasteiger partial charge in [0.25, 0.3) is 0 Å². The van der Waals surface area contributed by atoms with E-state index in [1.54, 1.807) is 24.3 Å². The van der Waals surface area contributed by atoms with Crippen LogP contribution in [0.4, 0.5) is 0 Å². The lowest BCUT2D eigenvalue weighted by molar-refractivity contribution is 0.0600. The topological polar surface area (TPSA) is 124 Å². The minimum atomic E-state index is -1.67. The average Bonchev–Trinajstić information content (AvgIpc) is 2.77. The highest BCUT2D eigenvalue weighted by atomic mass is 16.5. The molecule has 2 aliphatic carbocycles. The molecule has 2 N–H and O–H groups in total. The molecule has 1 unspecified atom stereocenters. The van der Waals surface area contributed by atoms with Crippen molar-refractivity contribution in [3.63, 3.8) is 0 Å². The number of rotatable bonds is 2. The third-order valence-corrected chi connectivity index (χ3v) is 6.79. The van der Waals surface area contributed by atoms with E-state index in [1.807, 2.05) is 0 Å². The van der Waals surface area contributed by atoms with Crippen LogP contribution in [0.3, 0.4) is 0 Å². The lowest BCUT2D eigenvalue weighted by Gasteiger charge is -2.47. The average molecular weight is 415 g/mol. The van der Waals surface area contributed by atoms with Crippen LogP contribution in [0.2, 0.25) is 0 Å². The minimum Gasteiger partial charge on any atom is -0.465 e. The number of ether oxygens (including phenoxy) is 1. The van der Waals surface area contributed by atoms with E-state index in [4.69, 9.17) is 10.5 Å². The van der Waals surface area contributed by atoms with Gasteiger partial charge in [-0.15, -0.1) is 0 Å². The van der Waals surface area contributed by atoms with Crippen LogP contribution in [0.5, 0.6) is 0 Å². The molecule has 0 saturated carbocycles. The Morgan fingerprint density at radius 1 is 1.16 bits per heavy atom. The van der Waals surface area contributed by atoms with E-state index in [9.17, 15) is 20.6 Å². The molecule has 0 radical (unpaired) electrons. The third-order valence-electron chi connectivity index (χ3n) is 6.79. The fourth-order valence-corrected chi connectivity index (χ4v) is 4.92. The first-order valence-corrected chi connectivity index (χ1v) is 10.3. The van der Waals surface area contributed by atoms with Crippen molar-refractivity contribution >= 4 is 5.97 Å². The molecule has 0 aromatic heterocycles. The number of benzene rings is 1. The van der Waals surface area contributed by atoms with Gasteiger partial charge in [0.05, 0.1) is 36.1 Å². The molecule has 1 aromatic carbocycles. The van der Waals surface area contributed by atoms with E-state index in [-0.39, 0.29) is 22.6 Å². The van der Waals surface area contributed by atoms with Crippen LogP contribution in [0.25, 0.3) is 0 Å². The maximum atomic E-state index is 11.9. The van der Waals surface area contributed by atoms with Gasteiger partial charge in [0.2, 0.25) is 0 Å². The van der Waals surface area contributed by atoms with Crippen LogP contribution in [-0.2, 0) is 4.74 Å². The van der Waals surface area contributed by atoms with E-state index >= 15 is 0 Å². The van der Waals surface area contributed by atoms with Crippen LogP contribution in [0.15, 0.2) is 47.2 Å². The number of nitriles is 3. The van der Waals surface area contributed by atoms with Crippen molar-refractivity contribution < 1.29 is 9.53 Å². The van der Waals surface area contributed by atoms with Gasteiger partial charge in [-0.25, -0.2) is 4.79 Å². The lowest BCUT2D eigenvalue weighted by Crippen LogP contribution is -2.44. The Balaban J connectivity index is 2.24. The molecule has 0 saturated heterocycles. The Morgan fingerprint density at radius 2 is 1.77 bits per heavy atom. The number of hydrogen-bond donors (Lipinski definition) is 1. The van der Waals surface area contributed by atoms with Gasteiger partial charge in [-0.05, 0) is 53.4 Å². The summed E-state index contributed by atoms with van der Waals surface area (Å²) < 4.78 is 4.77. The molecule has 2 aliphatic rings. The highest BCUT2D eigenvalue weighted by Gasteiger charge is 2.55. The van der Waals surface area contributed by atoms with E-state index in [0.717, 1.165) is 24.0 Å². The van der Waals surface area contributed by atoms with E-state index in [1.165, 1.54) is 7.11 Å². The molecule has 0 fully saturated rings. The molecular formula is C25H26N4O2. The second-order valence-electron chi connectivity index (χ2n) is 9.32. The largest absolute Gasteiger partial charge is 0.465 e. The number of esters is 1. The van der Waals surface area contributed by atoms with Gasteiger partial charge in [0, 0.05) is 5.92 Å². The molecule has 3 rings (SSSR count). The van der Waals surface area contributed by atoms with Crippen molar-refractivity contribution in [3.8, 4) is 18.2 Å². The fraction of sp³-hybridized carbons (Fsp3) is 0.440. The van der Waals surface area contributed by atoms with Crippen LogP contribution >= 0.6 is 0 Å². The first-order chi connectivity index (χ1) is 14.6. The molecule has 6 nitrogen and oxygen atoms in total. The van der Waals surface area contributed by atoms with E-state index < -0.39 is 17.3 Å². The number of nitrogens with zero attached hydrogens (tertiary/aromatic N) is 3. The number of nitrogens with two attached hydrogens (primary N) is 1. The predicted octanol–water partition coefficient (Wildman–Crippen LogP) is 4.34. The molecule has 31 heavy (non-hydrogen) atoms. The van der Waals surface area contributed by atoms with Gasteiger partial charge >= 0.3 is 5.97 Å². The maximum absolute atomic E-state index is 11.9. The SMILES string of the molecule is COC(=O)c1ccc([C@@H]2[C@H]3CC(C(C)(C)C)CC=C3C(C#N)=C(N)C2(C#N)C#N)cc1. The summed E-state index contributed by atoms with van der Waals surface area (Å²) in [5.41, 5.74) is 6.91. The summed E-state index contributed by atoms with van der Waals surface area (Å²) in [6.07, 6.45) is 3.61. The first-order valence-electron chi connectivity index (χ1n) is 10.3. The second-order valence-corrected chi connectivity index (χ2v) is 9.32. The molecule has 0 amide bonds. The third kappa shape index (κ3) is 3.47. The number of fused-ring (bicyclic) bond motifs is 1. The summed E-state index contributed by atoms with van der Waals surface area (Å²) in [6, 6.07) is 13.2. The molecule has 3 atom stereocenters. The lowest BCUT2D eigenvalue weighted by atomic mass is 9.54. The quantitative estimate of drug-likeness (QED) is 0.718. The molecule has 0 spiro atoms. The highest BCUT2D eigenvalue weighted by Crippen LogP contribution is 2.57. The fourth-order valence-electron chi connectivity index (χ4n) is 4.92. The Kier molecular flexibility index (Phi) is 5.66. The summed E-state index contributed by atoms with van der Waals surface area (Å²) in [6.45, 7) is 6.53. The van der Waals surface area contributed by atoms with Gasteiger partial charge in [0.1, 0.15) is 6.07 Å². The second kappa shape index (κ2) is 7.93. The monoisotopic (exact) mass is 414 g/mol. The predicted molar refractivity (Wildman–Crippen MR) is 115 cm³/mol. The van der Waals surface area contributed by atoms with Crippen molar-refractivity contribution in [2.45, 2.75) is 39.5 Å². The van der Waals surface area contributed by atoms with Crippen molar-refractivity contribution in [2.24, 2.45) is 28.4 Å². The summed E-state index contributed by atoms with van der Waals surface area (Å²) in [5.74, 6) is -0.891. The van der Waals surface area contributed by atoms with Gasteiger partial charge in [-0.2, -0.15) is 15.8 Å². The molecule has 1 aromatic rings. The van der Waals surface area contributed by atoms with Gasteiger partial charge in [0.15, 0.2) is 5.41 Å². The maximum Gasteiger partial charge on any atom is 0.337 e. The number of carbonyl (C=O) groups is 1. The summed E-state index contributed by atoms with van der Waals surface area (Å²) >= 11 is 0. The number of allylic oxidation sites excluding steroid dienone is 4. The smallest absolute Gasteiger partial charge is 0.337 e. The van der Waals surface area contributed by atoms with Crippen LogP contribution in [0.1, 0.15) is 55.5 Å². The Bertz CT molecular complexity index is 1070. The zero-order chi connectivity index (χ0) is 23.0. The number of hydrogen-bond acceptors (Lipinski definition) is 6. The zero-order valence-electron chi connectivity index (χ0n) is 18.3. The van der Waals surface area contributed by atoms with Gasteiger partial charge in [-0.3, -0.25) is 0 Å². The van der Waals surface area contributed by atoms with E-state index in [0.29, 0.717) is 11.5 Å². The normalized spacial score (nSPS) is 24.7. The van der Waals surface area contributed by atoms with Gasteiger partial charge < -0.3 is 10.5 Å². The summed E-state index contributed by atoms with van der Waals surface area (Å²) in [7, 11) is 1.31. The highest BCUT2D eigenvalue weighted by molar-refractivity contribution is 5.89. The van der Waals surface area contributed by atoms with Crippen molar-refractivity contribution in [1.82, 2.24) is 0 Å². The Hall–Kier alpha value is -3.56. The van der Waals surface area contributed by atoms with E-state index in [2.05, 4.69) is 45.1 Å². The molecular weight excluding hydrogens is 388 g/mol. The van der Waals surface area contributed by atoms with Crippen molar-refractivity contribution in [2.75, 3.05) is 7.11 Å². The first kappa shape index (κ1) is 22.1. The minimum absolute atomic E-state index is 0.0127. The Morgan fingerprint density at radius 3 is 2.26 bits per heavy atom. The van der Waals surface area contributed by atoms with Crippen molar-refractivity contribution in [3.05, 3.63) is 58.3 Å². The Labute approximate surface area is 183 Å². The summed E-state index contributed by atoms with van der Waals surface area (Å²) in [5, 5.41) is 30.2. The number of carbonyl (C=O) groups excluding carboxylic acids is 1. The summed E-state index contributed by atoms with van der Waals surface area (Å²) in [4.78, 5) is 11.9. The van der Waals surface area contributed by atoms with Gasteiger partial charge in [-0.1, -0.05) is 39.0 Å². The molecule has 0 aliphatic heterocycles. The van der Waals surface area contributed by atoms with Crippen LogP contribution in [0, 0.1) is 56.7 Å². The van der Waals surface area contributed by atoms with Crippen LogP contribution < -0.4 is 5.73 Å². The zero-order valence-corrected chi connectivity index (χ0v) is 18.3. The van der Waals surface area contributed by atoms with Crippen molar-refractivity contribution in [1.29, 1.82) is 15.8 Å². The standard InChI is InChI=1S/C25H26N4O2/c1-24(2,3)17-9-10-18-19(11-17)21(15-5-7-16(8-6-15)23(30)31-4)25(13-27,14-28)22(29)20(18)12-26/h5-8,10,17,19,21H,9,11,29H2,1-4H3/t17?,19-,21+/m0/s1. The van der Waals surface area contributed by atoms with Crippen LogP contribution in [-0.4, -0.2) is 13.1 Å². The molecule has 6 heteroatoms. The molecule has 158 valence electrons. The molecule has 0 heterocycles. The number of methoxy groups -OCH3 is 1. The molecule has 0 bridgehead atoms.